The third kappa shape index (κ3) is 3.05. The molecular weight excluding hydrogens is 182 g/mol. The maximum absolute atomic E-state index is 11.1. The van der Waals surface area contributed by atoms with Crippen LogP contribution in [0.2, 0.25) is 0 Å². The van der Waals surface area contributed by atoms with Crippen LogP contribution in [0.25, 0.3) is 0 Å². The molecule has 0 aliphatic heterocycles. The van der Waals surface area contributed by atoms with Crippen LogP contribution in [0.3, 0.4) is 0 Å². The largest absolute Gasteiger partial charge is 0.461 e. The molecule has 0 unspecified atom stereocenters. The van der Waals surface area contributed by atoms with Crippen LogP contribution in [-0.2, 0) is 4.74 Å². The van der Waals surface area contributed by atoms with E-state index in [1.165, 1.54) is 12.3 Å². The highest BCUT2D eigenvalue weighted by Gasteiger charge is 2.12. The minimum absolute atomic E-state index is 0.215. The Morgan fingerprint density at radius 2 is 2.21 bits per heavy atom. The van der Waals surface area contributed by atoms with E-state index in [0.717, 1.165) is 0 Å². The molecule has 0 spiro atoms. The van der Waals surface area contributed by atoms with E-state index in [0.29, 0.717) is 18.5 Å². The maximum atomic E-state index is 11.1. The number of rotatable bonds is 3. The molecule has 0 radical (unpaired) electrons. The molecule has 0 amide bonds. The summed E-state index contributed by atoms with van der Waals surface area (Å²) in [6.45, 7) is 6.01. The van der Waals surface area contributed by atoms with Gasteiger partial charge in [0.15, 0.2) is 6.29 Å². The fraction of sp³-hybridized carbons (Fsp3) is 0.400. The Hall–Kier alpha value is -1.58. The molecule has 0 aliphatic carbocycles. The van der Waals surface area contributed by atoms with Crippen LogP contribution in [0.1, 0.15) is 41.6 Å². The van der Waals surface area contributed by atoms with Crippen LogP contribution < -0.4 is 0 Å². The van der Waals surface area contributed by atoms with Gasteiger partial charge in [0.1, 0.15) is 5.69 Å². The molecule has 1 heterocycles. The monoisotopic (exact) mass is 197 g/mol. The number of aromatic nitrogens is 1. The van der Waals surface area contributed by atoms with E-state index < -0.39 is 5.97 Å². The molecule has 78 valence electrons. The van der Waals surface area contributed by atoms with Crippen molar-refractivity contribution in [2.24, 2.45) is 0 Å². The predicted molar refractivity (Wildman–Crippen MR) is 53.5 cm³/mol. The first-order valence-electron chi connectivity index (χ1n) is 4.59. The van der Waals surface area contributed by atoms with Crippen LogP contribution in [0.15, 0.2) is 12.3 Å². The van der Waals surface area contributed by atoms with E-state index >= 15 is 0 Å². The molecule has 0 aromatic carbocycles. The molecule has 0 atom stereocenters. The summed E-state index contributed by atoms with van der Waals surface area (Å²) in [5.41, 5.74) is 0.542. The summed E-state index contributed by atoms with van der Waals surface area (Å²) < 4.78 is 4.70. The van der Waals surface area contributed by atoms with Crippen molar-refractivity contribution in [3.63, 3.8) is 0 Å². The molecule has 0 saturated heterocycles. The first kappa shape index (κ1) is 12.4. The van der Waals surface area contributed by atoms with Crippen LogP contribution in [0.4, 0.5) is 0 Å². The average molecular weight is 197 g/mol. The Bertz CT molecular complexity index is 291. The van der Waals surface area contributed by atoms with Gasteiger partial charge in [-0.15, -0.1) is 0 Å². The number of nitrogens with one attached hydrogen (secondary N) is 1. The SMILES string of the molecule is CC.CCOC(=O)c1[nH]ccc1C=O. The van der Waals surface area contributed by atoms with Crippen LogP contribution in [0.5, 0.6) is 0 Å². The summed E-state index contributed by atoms with van der Waals surface area (Å²) in [7, 11) is 0. The number of esters is 1. The molecule has 0 aliphatic rings. The Balaban J connectivity index is 0.000000791. The molecule has 14 heavy (non-hydrogen) atoms. The second-order valence-corrected chi connectivity index (χ2v) is 2.15. The van der Waals surface area contributed by atoms with E-state index in [4.69, 9.17) is 4.74 Å². The molecule has 0 bridgehead atoms. The van der Waals surface area contributed by atoms with Crippen molar-refractivity contribution in [3.05, 3.63) is 23.5 Å². The summed E-state index contributed by atoms with van der Waals surface area (Å²) in [6, 6.07) is 1.53. The number of carbonyl (C=O) groups excluding carboxylic acids is 2. The fourth-order valence-corrected chi connectivity index (χ4v) is 0.860. The van der Waals surface area contributed by atoms with E-state index in [-0.39, 0.29) is 5.69 Å². The highest BCUT2D eigenvalue weighted by Crippen LogP contribution is 2.04. The van der Waals surface area contributed by atoms with Crippen LogP contribution in [0, 0.1) is 0 Å². The van der Waals surface area contributed by atoms with Crippen molar-refractivity contribution in [1.29, 1.82) is 0 Å². The van der Waals surface area contributed by atoms with Crippen molar-refractivity contribution in [1.82, 2.24) is 4.98 Å². The molecule has 4 heteroatoms. The molecular formula is C10H15NO3. The Labute approximate surface area is 83.3 Å². The van der Waals surface area contributed by atoms with E-state index in [9.17, 15) is 9.59 Å². The normalized spacial score (nSPS) is 8.50. The van der Waals surface area contributed by atoms with Gasteiger partial charge in [0.2, 0.25) is 0 Å². The zero-order valence-electron chi connectivity index (χ0n) is 8.66. The van der Waals surface area contributed by atoms with Gasteiger partial charge >= 0.3 is 5.97 Å². The predicted octanol–water partition coefficient (Wildman–Crippen LogP) is 2.03. The smallest absolute Gasteiger partial charge is 0.355 e. The first-order chi connectivity index (χ1) is 6.79. The zero-order valence-corrected chi connectivity index (χ0v) is 8.66. The number of hydrogen-bond acceptors (Lipinski definition) is 3. The molecule has 1 rings (SSSR count). The van der Waals surface area contributed by atoms with Crippen molar-refractivity contribution in [3.8, 4) is 0 Å². The molecule has 1 N–H and O–H groups in total. The minimum Gasteiger partial charge on any atom is -0.461 e. The summed E-state index contributed by atoms with van der Waals surface area (Å²) in [6.07, 6.45) is 2.14. The van der Waals surface area contributed by atoms with Gasteiger partial charge in [0.05, 0.1) is 6.61 Å². The molecule has 0 fully saturated rings. The fourth-order valence-electron chi connectivity index (χ4n) is 0.860. The van der Waals surface area contributed by atoms with Gasteiger partial charge < -0.3 is 9.72 Å². The van der Waals surface area contributed by atoms with Crippen molar-refractivity contribution >= 4 is 12.3 Å². The maximum Gasteiger partial charge on any atom is 0.355 e. The van der Waals surface area contributed by atoms with Gasteiger partial charge in [0.25, 0.3) is 0 Å². The number of aldehydes is 1. The third-order valence-corrected chi connectivity index (χ3v) is 1.39. The van der Waals surface area contributed by atoms with Gasteiger partial charge in [0, 0.05) is 11.8 Å². The molecule has 1 aromatic heterocycles. The van der Waals surface area contributed by atoms with Gasteiger partial charge in [-0.05, 0) is 13.0 Å². The molecule has 1 aromatic rings. The average Bonchev–Trinajstić information content (AvgIpc) is 2.69. The molecule has 0 saturated carbocycles. The van der Waals surface area contributed by atoms with E-state index in [1.807, 2.05) is 13.8 Å². The lowest BCUT2D eigenvalue weighted by molar-refractivity contribution is 0.0518. The third-order valence-electron chi connectivity index (χ3n) is 1.39. The summed E-state index contributed by atoms with van der Waals surface area (Å²) >= 11 is 0. The van der Waals surface area contributed by atoms with Gasteiger partial charge in [-0.2, -0.15) is 0 Å². The highest BCUT2D eigenvalue weighted by atomic mass is 16.5. The summed E-state index contributed by atoms with van der Waals surface area (Å²) in [5.74, 6) is -0.496. The minimum atomic E-state index is -0.496. The molecule has 4 nitrogen and oxygen atoms in total. The number of carbonyl (C=O) groups is 2. The lowest BCUT2D eigenvalue weighted by atomic mass is 10.3. The van der Waals surface area contributed by atoms with E-state index in [1.54, 1.807) is 6.92 Å². The number of ether oxygens (including phenoxy) is 1. The number of aromatic amines is 1. The zero-order chi connectivity index (χ0) is 11.0. The summed E-state index contributed by atoms with van der Waals surface area (Å²) in [5, 5.41) is 0. The Kier molecular flexibility index (Phi) is 6.11. The quantitative estimate of drug-likeness (QED) is 0.595. The van der Waals surface area contributed by atoms with Crippen molar-refractivity contribution in [2.75, 3.05) is 6.61 Å². The van der Waals surface area contributed by atoms with Crippen LogP contribution in [-0.4, -0.2) is 23.8 Å². The lowest BCUT2D eigenvalue weighted by Gasteiger charge is -1.98. The van der Waals surface area contributed by atoms with Crippen LogP contribution >= 0.6 is 0 Å². The summed E-state index contributed by atoms with van der Waals surface area (Å²) in [4.78, 5) is 24.1. The standard InChI is InChI=1S/C8H9NO3.C2H6/c1-2-12-8(11)7-6(5-10)3-4-9-7;1-2/h3-5,9H,2H2,1H3;1-2H3. The number of H-pyrrole nitrogens is 1. The first-order valence-corrected chi connectivity index (χ1v) is 4.59. The van der Waals surface area contributed by atoms with E-state index in [2.05, 4.69) is 4.98 Å². The van der Waals surface area contributed by atoms with Gasteiger partial charge in [-0.1, -0.05) is 13.8 Å². The lowest BCUT2D eigenvalue weighted by Crippen LogP contribution is -2.07. The second-order valence-electron chi connectivity index (χ2n) is 2.15. The Morgan fingerprint density at radius 1 is 1.57 bits per heavy atom. The van der Waals surface area contributed by atoms with Crippen molar-refractivity contribution < 1.29 is 14.3 Å². The van der Waals surface area contributed by atoms with Gasteiger partial charge in [-0.3, -0.25) is 4.79 Å². The Morgan fingerprint density at radius 3 is 2.71 bits per heavy atom. The van der Waals surface area contributed by atoms with Crippen molar-refractivity contribution in [2.45, 2.75) is 20.8 Å². The van der Waals surface area contributed by atoms with Gasteiger partial charge in [-0.25, -0.2) is 4.79 Å². The topological polar surface area (TPSA) is 59.2 Å². The highest BCUT2D eigenvalue weighted by molar-refractivity contribution is 5.96. The number of hydrogen-bond donors (Lipinski definition) is 1. The second kappa shape index (κ2) is 6.88.